The van der Waals surface area contributed by atoms with E-state index in [1.54, 1.807) is 16.6 Å². The van der Waals surface area contributed by atoms with E-state index in [0.717, 1.165) is 23.5 Å². The van der Waals surface area contributed by atoms with Crippen LogP contribution in [0.2, 0.25) is 0 Å². The summed E-state index contributed by atoms with van der Waals surface area (Å²) in [5.41, 5.74) is -0.492. The summed E-state index contributed by atoms with van der Waals surface area (Å²) in [6.45, 7) is 0.591. The number of pyridine rings is 1. The first kappa shape index (κ1) is 21.7. The molecule has 178 valence electrons. The zero-order valence-electron chi connectivity index (χ0n) is 18.4. The molecule has 0 bridgehead atoms. The van der Waals surface area contributed by atoms with E-state index in [1.807, 2.05) is 17.2 Å². The Bertz CT molecular complexity index is 1500. The number of halogens is 2. The summed E-state index contributed by atoms with van der Waals surface area (Å²) in [5.74, 6) is -2.21. The van der Waals surface area contributed by atoms with Crippen LogP contribution >= 0.6 is 11.3 Å². The number of carbonyl (C=O) groups is 1. The fraction of sp³-hybridized carbons (Fsp3) is 0.250. The Balaban J connectivity index is 1.41. The van der Waals surface area contributed by atoms with E-state index >= 15 is 0 Å². The molecule has 1 fully saturated rings. The van der Waals surface area contributed by atoms with Crippen molar-refractivity contribution in [2.75, 3.05) is 18.6 Å². The van der Waals surface area contributed by atoms with Crippen LogP contribution in [0, 0.1) is 23.5 Å². The maximum Gasteiger partial charge on any atom is 0.277 e. The molecule has 2 unspecified atom stereocenters. The van der Waals surface area contributed by atoms with E-state index in [-0.39, 0.29) is 46.3 Å². The van der Waals surface area contributed by atoms with Crippen molar-refractivity contribution in [3.63, 3.8) is 0 Å². The molecular formula is C24H19F2N5O3S. The standard InChI is InChI=1S/C24H19F2N5O3S/c1-29-23-15-5-3-2-4-13(15)10-31(23)30-11-16(20(32)21(33)19(30)24(29)34)22-28-27-18(35-22)8-12-6-7-14(25)9-17(12)26/h2-7,9,11,13,15,23,33H,8,10H2,1H3/t13-,15?,23?/m0/s1. The SMILES string of the molecule is CN1C(=O)c2c(O)c(=O)c(-c3nnc(Cc4ccc(F)cc4F)s3)cn2N2C[C@@H]3C=CC=CC3C12. The molecule has 8 nitrogen and oxygen atoms in total. The van der Waals surface area contributed by atoms with Gasteiger partial charge in [0.2, 0.25) is 5.43 Å². The van der Waals surface area contributed by atoms with Crippen molar-refractivity contribution >= 4 is 17.2 Å². The number of nitrogens with zero attached hydrogens (tertiary/aromatic N) is 5. The molecule has 0 spiro atoms. The van der Waals surface area contributed by atoms with Crippen LogP contribution in [0.4, 0.5) is 8.78 Å². The van der Waals surface area contributed by atoms with Crippen LogP contribution in [0.15, 0.2) is 53.5 Å². The number of hydrogen-bond acceptors (Lipinski definition) is 7. The van der Waals surface area contributed by atoms with Crippen LogP contribution in [0.1, 0.15) is 21.1 Å². The van der Waals surface area contributed by atoms with E-state index in [2.05, 4.69) is 22.3 Å². The van der Waals surface area contributed by atoms with Gasteiger partial charge in [-0.15, -0.1) is 10.2 Å². The molecule has 2 aliphatic heterocycles. The number of benzene rings is 1. The monoisotopic (exact) mass is 495 g/mol. The first-order valence-electron chi connectivity index (χ1n) is 11.0. The number of rotatable bonds is 3. The predicted molar refractivity (Wildman–Crippen MR) is 125 cm³/mol. The molecule has 3 aliphatic rings. The molecular weight excluding hydrogens is 476 g/mol. The number of allylic oxidation sites excluding steroid dienone is 2. The first-order valence-corrected chi connectivity index (χ1v) is 11.8. The number of hydrogen-bond donors (Lipinski definition) is 1. The summed E-state index contributed by atoms with van der Waals surface area (Å²) >= 11 is 1.07. The lowest BCUT2D eigenvalue weighted by atomic mass is 9.89. The fourth-order valence-electron chi connectivity index (χ4n) is 5.06. The molecule has 35 heavy (non-hydrogen) atoms. The van der Waals surface area contributed by atoms with E-state index < -0.39 is 28.7 Å². The Kier molecular flexibility index (Phi) is 4.85. The third kappa shape index (κ3) is 3.29. The van der Waals surface area contributed by atoms with Gasteiger partial charge >= 0.3 is 0 Å². The van der Waals surface area contributed by atoms with E-state index in [4.69, 9.17) is 0 Å². The molecule has 1 N–H and O–H groups in total. The third-order valence-corrected chi connectivity index (χ3v) is 7.72. The van der Waals surface area contributed by atoms with Crippen molar-refractivity contribution in [2.24, 2.45) is 11.8 Å². The molecule has 6 rings (SSSR count). The lowest BCUT2D eigenvalue weighted by Crippen LogP contribution is -2.58. The van der Waals surface area contributed by atoms with E-state index in [0.29, 0.717) is 11.6 Å². The second kappa shape index (κ2) is 7.84. The van der Waals surface area contributed by atoms with E-state index in [9.17, 15) is 23.5 Å². The van der Waals surface area contributed by atoms with Gasteiger partial charge in [0.1, 0.15) is 22.8 Å². The maximum atomic E-state index is 14.1. The lowest BCUT2D eigenvalue weighted by molar-refractivity contribution is 0.0623. The highest BCUT2D eigenvalue weighted by atomic mass is 32.1. The molecule has 1 amide bonds. The third-order valence-electron chi connectivity index (χ3n) is 6.76. The highest BCUT2D eigenvalue weighted by molar-refractivity contribution is 7.14. The number of carbonyl (C=O) groups excluding carboxylic acids is 1. The van der Waals surface area contributed by atoms with Gasteiger partial charge in [-0.3, -0.25) is 19.3 Å². The quantitative estimate of drug-likeness (QED) is 0.601. The summed E-state index contributed by atoms with van der Waals surface area (Å²) in [6.07, 6.45) is 9.41. The molecule has 1 aromatic carbocycles. The van der Waals surface area contributed by atoms with Gasteiger partial charge in [0.25, 0.3) is 5.91 Å². The van der Waals surface area contributed by atoms with Crippen molar-refractivity contribution in [2.45, 2.75) is 12.6 Å². The van der Waals surface area contributed by atoms with Crippen LogP contribution in [0.5, 0.6) is 5.75 Å². The molecule has 4 heterocycles. The zero-order valence-corrected chi connectivity index (χ0v) is 19.2. The second-order valence-corrected chi connectivity index (χ2v) is 9.85. The normalized spacial score (nSPS) is 22.4. The summed E-state index contributed by atoms with van der Waals surface area (Å²) in [6, 6.07) is 3.30. The van der Waals surface area contributed by atoms with Gasteiger partial charge in [-0.05, 0) is 11.6 Å². The minimum atomic E-state index is -0.733. The Labute approximate surface area is 202 Å². The topological polar surface area (TPSA) is 91.6 Å². The van der Waals surface area contributed by atoms with Crippen molar-refractivity contribution in [1.29, 1.82) is 0 Å². The van der Waals surface area contributed by atoms with Gasteiger partial charge in [-0.25, -0.2) is 8.78 Å². The second-order valence-electron chi connectivity index (χ2n) is 8.79. The minimum absolute atomic E-state index is 0.0710. The van der Waals surface area contributed by atoms with Gasteiger partial charge in [0.15, 0.2) is 16.5 Å². The van der Waals surface area contributed by atoms with Crippen molar-refractivity contribution in [3.05, 3.63) is 86.8 Å². The Morgan fingerprint density at radius 3 is 2.77 bits per heavy atom. The molecule has 3 atom stereocenters. The van der Waals surface area contributed by atoms with Crippen molar-refractivity contribution in [1.82, 2.24) is 19.8 Å². The Morgan fingerprint density at radius 1 is 1.17 bits per heavy atom. The van der Waals surface area contributed by atoms with Gasteiger partial charge in [0.05, 0.1) is 5.56 Å². The largest absolute Gasteiger partial charge is 0.502 e. The lowest BCUT2D eigenvalue weighted by Gasteiger charge is -2.42. The smallest absolute Gasteiger partial charge is 0.277 e. The summed E-state index contributed by atoms with van der Waals surface area (Å²) < 4.78 is 28.8. The van der Waals surface area contributed by atoms with Gasteiger partial charge in [-0.1, -0.05) is 41.7 Å². The number of aromatic nitrogens is 3. The number of amides is 1. The van der Waals surface area contributed by atoms with Gasteiger partial charge in [-0.2, -0.15) is 0 Å². The first-order chi connectivity index (χ1) is 16.8. The summed E-state index contributed by atoms with van der Waals surface area (Å²) in [5, 5.41) is 21.6. The molecule has 1 saturated heterocycles. The Hall–Kier alpha value is -3.86. The molecule has 2 aromatic heterocycles. The molecule has 0 radical (unpaired) electrons. The minimum Gasteiger partial charge on any atom is -0.502 e. The molecule has 11 heteroatoms. The average molecular weight is 496 g/mol. The average Bonchev–Trinajstić information content (AvgIpc) is 3.46. The summed E-state index contributed by atoms with van der Waals surface area (Å²) in [7, 11) is 1.67. The molecule has 1 aliphatic carbocycles. The van der Waals surface area contributed by atoms with Crippen LogP contribution in [-0.4, -0.2) is 50.5 Å². The fourth-order valence-corrected chi connectivity index (χ4v) is 5.93. The number of aromatic hydroxyl groups is 1. The maximum absolute atomic E-state index is 14.1. The highest BCUT2D eigenvalue weighted by Gasteiger charge is 2.49. The van der Waals surface area contributed by atoms with E-state index in [1.165, 1.54) is 12.3 Å². The molecule has 3 aromatic rings. The van der Waals surface area contributed by atoms with Gasteiger partial charge in [0, 0.05) is 44.1 Å². The Morgan fingerprint density at radius 2 is 1.97 bits per heavy atom. The summed E-state index contributed by atoms with van der Waals surface area (Å²) in [4.78, 5) is 27.8. The van der Waals surface area contributed by atoms with Crippen molar-refractivity contribution < 1.29 is 18.7 Å². The zero-order chi connectivity index (χ0) is 24.4. The number of fused-ring (bicyclic) bond motifs is 5. The predicted octanol–water partition coefficient (Wildman–Crippen LogP) is 2.66. The van der Waals surface area contributed by atoms with Crippen LogP contribution in [0.3, 0.4) is 0 Å². The van der Waals surface area contributed by atoms with Crippen LogP contribution < -0.4 is 10.4 Å². The van der Waals surface area contributed by atoms with Crippen LogP contribution in [-0.2, 0) is 6.42 Å². The molecule has 0 saturated carbocycles. The van der Waals surface area contributed by atoms with Crippen molar-refractivity contribution in [3.8, 4) is 16.3 Å². The highest BCUT2D eigenvalue weighted by Crippen LogP contribution is 2.39. The van der Waals surface area contributed by atoms with Crippen LogP contribution in [0.25, 0.3) is 10.6 Å². The van der Waals surface area contributed by atoms with Gasteiger partial charge < -0.3 is 10.0 Å².